The number of carbonyl (C=O) groups excluding carboxylic acids is 1. The Morgan fingerprint density at radius 2 is 1.96 bits per heavy atom. The SMILES string of the molecule is O=C(O)Cc1c[nH]c2cc(OCC(=O)Nc3ccc(Cl)cc3Cl)ccc12. The third kappa shape index (κ3) is 4.28. The van der Waals surface area contributed by atoms with Crippen molar-refractivity contribution >= 4 is 51.7 Å². The van der Waals surface area contributed by atoms with Gasteiger partial charge < -0.3 is 20.1 Å². The number of aromatic amines is 1. The summed E-state index contributed by atoms with van der Waals surface area (Å²) in [7, 11) is 0. The van der Waals surface area contributed by atoms with Crippen molar-refractivity contribution in [3.63, 3.8) is 0 Å². The number of benzene rings is 2. The van der Waals surface area contributed by atoms with Gasteiger partial charge in [0.2, 0.25) is 0 Å². The molecule has 0 spiro atoms. The molecule has 0 saturated heterocycles. The predicted octanol–water partition coefficient (Wildman–Crippen LogP) is 4.12. The highest BCUT2D eigenvalue weighted by atomic mass is 35.5. The van der Waals surface area contributed by atoms with Crippen LogP contribution in [0.1, 0.15) is 5.56 Å². The van der Waals surface area contributed by atoms with Crippen LogP contribution in [0.4, 0.5) is 5.69 Å². The standard InChI is InChI=1S/C18H14Cl2N2O4/c19-11-1-4-15(14(20)6-11)22-17(23)9-26-12-2-3-13-10(5-18(24)25)8-21-16(13)7-12/h1-4,6-8,21H,5,9H2,(H,22,23)(H,24,25). The van der Waals surface area contributed by atoms with E-state index in [1.807, 2.05) is 0 Å². The molecule has 0 saturated carbocycles. The molecule has 0 fully saturated rings. The van der Waals surface area contributed by atoms with Crippen LogP contribution in [0.3, 0.4) is 0 Å². The van der Waals surface area contributed by atoms with Gasteiger partial charge in [0.1, 0.15) is 5.75 Å². The Bertz CT molecular complexity index is 984. The van der Waals surface area contributed by atoms with Gasteiger partial charge in [-0.25, -0.2) is 0 Å². The number of rotatable bonds is 6. The molecule has 1 heterocycles. The first-order chi connectivity index (χ1) is 12.4. The number of hydrogen-bond donors (Lipinski definition) is 3. The van der Waals surface area contributed by atoms with Crippen LogP contribution in [0.25, 0.3) is 10.9 Å². The maximum Gasteiger partial charge on any atom is 0.307 e. The summed E-state index contributed by atoms with van der Waals surface area (Å²) >= 11 is 11.8. The number of nitrogens with one attached hydrogen (secondary N) is 2. The molecular weight excluding hydrogens is 379 g/mol. The van der Waals surface area contributed by atoms with E-state index in [0.29, 0.717) is 27.0 Å². The van der Waals surface area contributed by atoms with Crippen molar-refractivity contribution in [1.82, 2.24) is 4.98 Å². The average molecular weight is 393 g/mol. The van der Waals surface area contributed by atoms with E-state index in [0.717, 1.165) is 10.9 Å². The van der Waals surface area contributed by atoms with Crippen molar-refractivity contribution in [2.24, 2.45) is 0 Å². The minimum atomic E-state index is -0.899. The topological polar surface area (TPSA) is 91.4 Å². The number of anilines is 1. The van der Waals surface area contributed by atoms with Gasteiger partial charge in [0.25, 0.3) is 5.91 Å². The van der Waals surface area contributed by atoms with Crippen LogP contribution in [0.15, 0.2) is 42.6 Å². The lowest BCUT2D eigenvalue weighted by Crippen LogP contribution is -2.20. The van der Waals surface area contributed by atoms with Crippen molar-refractivity contribution in [2.45, 2.75) is 6.42 Å². The molecule has 0 bridgehead atoms. The molecule has 1 aromatic heterocycles. The van der Waals surface area contributed by atoms with Gasteiger partial charge in [-0.15, -0.1) is 0 Å². The number of carboxylic acids is 1. The second kappa shape index (κ2) is 7.68. The Morgan fingerprint density at radius 3 is 2.69 bits per heavy atom. The number of amides is 1. The smallest absolute Gasteiger partial charge is 0.307 e. The van der Waals surface area contributed by atoms with Crippen LogP contribution in [0.5, 0.6) is 5.75 Å². The van der Waals surface area contributed by atoms with Crippen LogP contribution < -0.4 is 10.1 Å². The van der Waals surface area contributed by atoms with Crippen molar-refractivity contribution < 1.29 is 19.4 Å². The highest BCUT2D eigenvalue weighted by Crippen LogP contribution is 2.26. The van der Waals surface area contributed by atoms with E-state index in [-0.39, 0.29) is 18.9 Å². The maximum absolute atomic E-state index is 12.0. The molecule has 6 nitrogen and oxygen atoms in total. The summed E-state index contributed by atoms with van der Waals surface area (Å²) in [5.41, 5.74) is 1.87. The first kappa shape index (κ1) is 18.1. The number of aromatic nitrogens is 1. The lowest BCUT2D eigenvalue weighted by molar-refractivity contribution is -0.136. The summed E-state index contributed by atoms with van der Waals surface area (Å²) in [6, 6.07) is 9.92. The van der Waals surface area contributed by atoms with E-state index in [2.05, 4.69) is 10.3 Å². The van der Waals surface area contributed by atoms with Crippen molar-refractivity contribution in [1.29, 1.82) is 0 Å². The number of hydrogen-bond acceptors (Lipinski definition) is 3. The van der Waals surface area contributed by atoms with E-state index in [4.69, 9.17) is 33.0 Å². The molecule has 0 unspecified atom stereocenters. The number of carbonyl (C=O) groups is 2. The molecule has 3 aromatic rings. The first-order valence-corrected chi connectivity index (χ1v) is 8.37. The van der Waals surface area contributed by atoms with Crippen LogP contribution in [0, 0.1) is 0 Å². The second-order valence-corrected chi connectivity index (χ2v) is 6.40. The number of aliphatic carboxylic acids is 1. The predicted molar refractivity (Wildman–Crippen MR) is 100 cm³/mol. The molecule has 134 valence electrons. The lowest BCUT2D eigenvalue weighted by Gasteiger charge is -2.09. The summed E-state index contributed by atoms with van der Waals surface area (Å²) in [5.74, 6) is -0.783. The number of carboxylic acid groups (broad SMARTS) is 1. The summed E-state index contributed by atoms with van der Waals surface area (Å²) in [4.78, 5) is 25.9. The van der Waals surface area contributed by atoms with Crippen molar-refractivity contribution in [3.8, 4) is 5.75 Å². The largest absolute Gasteiger partial charge is 0.484 e. The molecule has 0 atom stereocenters. The first-order valence-electron chi connectivity index (χ1n) is 7.62. The van der Waals surface area contributed by atoms with E-state index >= 15 is 0 Å². The van der Waals surface area contributed by atoms with E-state index in [9.17, 15) is 9.59 Å². The minimum absolute atomic E-state index is 0.0650. The average Bonchev–Trinajstić information content (AvgIpc) is 2.97. The quantitative estimate of drug-likeness (QED) is 0.588. The van der Waals surface area contributed by atoms with Crippen LogP contribution in [-0.4, -0.2) is 28.6 Å². The third-order valence-electron chi connectivity index (χ3n) is 3.66. The highest BCUT2D eigenvalue weighted by molar-refractivity contribution is 6.36. The monoisotopic (exact) mass is 392 g/mol. The fourth-order valence-electron chi connectivity index (χ4n) is 2.49. The van der Waals surface area contributed by atoms with Crippen LogP contribution >= 0.6 is 23.2 Å². The molecule has 26 heavy (non-hydrogen) atoms. The van der Waals surface area contributed by atoms with E-state index in [1.165, 1.54) is 6.07 Å². The molecule has 0 aliphatic heterocycles. The molecule has 2 aromatic carbocycles. The summed E-state index contributed by atoms with van der Waals surface area (Å²) in [6.45, 7) is -0.201. The van der Waals surface area contributed by atoms with Crippen LogP contribution in [-0.2, 0) is 16.0 Å². The normalized spacial score (nSPS) is 10.7. The summed E-state index contributed by atoms with van der Waals surface area (Å²) in [5, 5.41) is 13.2. The maximum atomic E-state index is 12.0. The minimum Gasteiger partial charge on any atom is -0.484 e. The Balaban J connectivity index is 1.63. The zero-order valence-corrected chi connectivity index (χ0v) is 14.9. The van der Waals surface area contributed by atoms with Gasteiger partial charge >= 0.3 is 5.97 Å². The Hall–Kier alpha value is -2.70. The molecule has 8 heteroatoms. The molecule has 0 aliphatic rings. The van der Waals surface area contributed by atoms with Crippen molar-refractivity contribution in [2.75, 3.05) is 11.9 Å². The number of fused-ring (bicyclic) bond motifs is 1. The molecule has 0 aliphatic carbocycles. The van der Waals surface area contributed by atoms with Gasteiger partial charge in [0, 0.05) is 28.2 Å². The fourth-order valence-corrected chi connectivity index (χ4v) is 2.95. The van der Waals surface area contributed by atoms with Gasteiger partial charge in [-0.3, -0.25) is 9.59 Å². The Labute approximate surface area is 158 Å². The molecule has 0 radical (unpaired) electrons. The molecule has 1 amide bonds. The van der Waals surface area contributed by atoms with Gasteiger partial charge in [-0.05, 0) is 35.9 Å². The molecular formula is C18H14Cl2N2O4. The van der Waals surface area contributed by atoms with Crippen LogP contribution in [0.2, 0.25) is 10.0 Å². The Morgan fingerprint density at radius 1 is 1.15 bits per heavy atom. The van der Waals surface area contributed by atoms with E-state index in [1.54, 1.807) is 36.5 Å². The Kier molecular flexibility index (Phi) is 5.35. The zero-order chi connectivity index (χ0) is 18.7. The second-order valence-electron chi connectivity index (χ2n) is 5.55. The number of H-pyrrole nitrogens is 1. The lowest BCUT2D eigenvalue weighted by atomic mass is 10.1. The van der Waals surface area contributed by atoms with E-state index < -0.39 is 5.97 Å². The zero-order valence-electron chi connectivity index (χ0n) is 13.4. The summed E-state index contributed by atoms with van der Waals surface area (Å²) in [6.07, 6.45) is 1.59. The van der Waals surface area contributed by atoms with Gasteiger partial charge in [0.05, 0.1) is 17.1 Å². The van der Waals surface area contributed by atoms with Gasteiger partial charge in [-0.2, -0.15) is 0 Å². The molecule has 3 rings (SSSR count). The number of ether oxygens (including phenoxy) is 1. The molecule has 3 N–H and O–H groups in total. The summed E-state index contributed by atoms with van der Waals surface area (Å²) < 4.78 is 5.48. The van der Waals surface area contributed by atoms with Gasteiger partial charge in [-0.1, -0.05) is 23.2 Å². The third-order valence-corrected chi connectivity index (χ3v) is 4.20. The fraction of sp³-hybridized carbons (Fsp3) is 0.111. The number of halogens is 2. The highest BCUT2D eigenvalue weighted by Gasteiger charge is 2.10. The van der Waals surface area contributed by atoms with Crippen molar-refractivity contribution in [3.05, 3.63) is 58.2 Å². The van der Waals surface area contributed by atoms with Gasteiger partial charge in [0.15, 0.2) is 6.61 Å².